The molecule has 106 heavy (non-hydrogen) atoms. The normalized spacial score (nSPS) is 14.3. The van der Waals surface area contributed by atoms with Crippen LogP contribution in [0, 0.1) is 0 Å². The average Bonchev–Trinajstić information content (AvgIpc) is 0.909. The lowest BCUT2D eigenvalue weighted by molar-refractivity contribution is -0.161. The fraction of sp³-hybridized carbons (Fsp3) is 0.770. The molecular weight excluding hydrogens is 1380 g/mol. The van der Waals surface area contributed by atoms with Gasteiger partial charge in [-0.1, -0.05) is 324 Å². The van der Waals surface area contributed by atoms with E-state index < -0.39 is 97.5 Å². The summed E-state index contributed by atoms with van der Waals surface area (Å²) in [5.74, 6) is -2.18. The molecule has 17 nitrogen and oxygen atoms in total. The Kier molecular flexibility index (Phi) is 76.1. The molecule has 0 saturated carbocycles. The van der Waals surface area contributed by atoms with Crippen molar-refractivity contribution in [2.45, 2.75) is 393 Å². The number of aliphatic hydroxyl groups is 1. The SMILES string of the molecule is CC/C=C\C/C=C\C/C=C\C/C=C\CCCCCCCCC(=O)OCC(COP(=O)(O)OCC(O)COP(=O)(O)OCC(COC(=O)CCCCCCCCC/C=C\C/C=C\C/C=C\CC)OC(=O)CCCCCCC/C=C\CCCCCCCC)OC(=O)CCCCCCCCCCCCCCCCC. The first-order valence-corrected chi connectivity index (χ1v) is 45.5. The maximum Gasteiger partial charge on any atom is 0.472 e. The molecule has 0 aliphatic carbocycles. The van der Waals surface area contributed by atoms with Crippen LogP contribution >= 0.6 is 15.6 Å². The second-order valence-corrected chi connectivity index (χ2v) is 31.3. The van der Waals surface area contributed by atoms with Gasteiger partial charge in [0.15, 0.2) is 12.2 Å². The van der Waals surface area contributed by atoms with Crippen molar-refractivity contribution in [3.8, 4) is 0 Å². The van der Waals surface area contributed by atoms with Crippen LogP contribution in [0.5, 0.6) is 0 Å². The third-order valence-electron chi connectivity index (χ3n) is 18.0. The van der Waals surface area contributed by atoms with Gasteiger partial charge in [-0.25, -0.2) is 9.13 Å². The second kappa shape index (κ2) is 79.1. The van der Waals surface area contributed by atoms with Crippen molar-refractivity contribution < 1.29 is 80.2 Å². The summed E-state index contributed by atoms with van der Waals surface area (Å²) < 4.78 is 68.8. The maximum absolute atomic E-state index is 13.1. The Hall–Kier alpha value is -4.02. The highest BCUT2D eigenvalue weighted by molar-refractivity contribution is 7.47. The maximum atomic E-state index is 13.1. The Balaban J connectivity index is 5.36. The van der Waals surface area contributed by atoms with Crippen molar-refractivity contribution in [3.63, 3.8) is 0 Å². The Morgan fingerprint density at radius 2 is 0.491 bits per heavy atom. The highest BCUT2D eigenvalue weighted by Crippen LogP contribution is 2.45. The fourth-order valence-electron chi connectivity index (χ4n) is 11.6. The molecule has 0 heterocycles. The summed E-state index contributed by atoms with van der Waals surface area (Å²) in [5.41, 5.74) is 0. The largest absolute Gasteiger partial charge is 0.472 e. The van der Waals surface area contributed by atoms with E-state index in [1.165, 1.54) is 103 Å². The van der Waals surface area contributed by atoms with Crippen LogP contribution in [0.3, 0.4) is 0 Å². The summed E-state index contributed by atoms with van der Waals surface area (Å²) in [7, 11) is -9.96. The van der Waals surface area contributed by atoms with E-state index in [1.807, 2.05) is 0 Å². The summed E-state index contributed by atoms with van der Waals surface area (Å²) in [6.07, 6.45) is 85.0. The summed E-state index contributed by atoms with van der Waals surface area (Å²) in [6.45, 7) is 4.69. The Morgan fingerprint density at radius 1 is 0.274 bits per heavy atom. The molecule has 0 amide bonds. The zero-order chi connectivity index (χ0) is 77.4. The van der Waals surface area contributed by atoms with Crippen LogP contribution in [-0.2, 0) is 65.4 Å². The van der Waals surface area contributed by atoms with E-state index in [1.54, 1.807) is 0 Å². The van der Waals surface area contributed by atoms with Crippen LogP contribution in [0.15, 0.2) is 97.2 Å². The van der Waals surface area contributed by atoms with Crippen molar-refractivity contribution in [3.05, 3.63) is 97.2 Å². The van der Waals surface area contributed by atoms with Gasteiger partial charge in [0.2, 0.25) is 0 Å². The topological polar surface area (TPSA) is 237 Å². The van der Waals surface area contributed by atoms with Gasteiger partial charge in [0.1, 0.15) is 19.3 Å². The first-order valence-electron chi connectivity index (χ1n) is 42.5. The first kappa shape index (κ1) is 102. The van der Waals surface area contributed by atoms with Gasteiger partial charge in [0.05, 0.1) is 26.4 Å². The van der Waals surface area contributed by atoms with Gasteiger partial charge in [-0.3, -0.25) is 37.3 Å². The van der Waals surface area contributed by atoms with Crippen LogP contribution in [0.4, 0.5) is 0 Å². The van der Waals surface area contributed by atoms with Crippen molar-refractivity contribution in [1.29, 1.82) is 0 Å². The first-order chi connectivity index (χ1) is 51.7. The fourth-order valence-corrected chi connectivity index (χ4v) is 13.2. The lowest BCUT2D eigenvalue weighted by atomic mass is 10.0. The molecule has 19 heteroatoms. The minimum Gasteiger partial charge on any atom is -0.462 e. The number of phosphoric ester groups is 2. The van der Waals surface area contributed by atoms with Gasteiger partial charge in [-0.15, -0.1) is 0 Å². The van der Waals surface area contributed by atoms with Crippen LogP contribution in [0.25, 0.3) is 0 Å². The van der Waals surface area contributed by atoms with Crippen molar-refractivity contribution in [2.24, 2.45) is 0 Å². The smallest absolute Gasteiger partial charge is 0.462 e. The number of unbranched alkanes of at least 4 members (excludes halogenated alkanes) is 38. The number of hydrogen-bond acceptors (Lipinski definition) is 15. The number of ether oxygens (including phenoxy) is 4. The Bertz CT molecular complexity index is 2380. The molecule has 5 unspecified atom stereocenters. The molecular formula is C87H154O17P2. The van der Waals surface area contributed by atoms with Gasteiger partial charge in [0.25, 0.3) is 0 Å². The third-order valence-corrected chi connectivity index (χ3v) is 19.9. The van der Waals surface area contributed by atoms with Gasteiger partial charge >= 0.3 is 39.5 Å². The van der Waals surface area contributed by atoms with E-state index in [4.69, 9.17) is 37.0 Å². The number of allylic oxidation sites excluding steroid dienone is 16. The number of esters is 4. The number of hydrogen-bond donors (Lipinski definition) is 3. The Labute approximate surface area is 646 Å². The molecule has 0 aliphatic rings. The van der Waals surface area contributed by atoms with Crippen LogP contribution in [-0.4, -0.2) is 96.7 Å². The van der Waals surface area contributed by atoms with Gasteiger partial charge in [-0.2, -0.15) is 0 Å². The van der Waals surface area contributed by atoms with E-state index in [9.17, 15) is 43.2 Å². The molecule has 5 atom stereocenters. The zero-order valence-corrected chi connectivity index (χ0v) is 69.1. The molecule has 0 saturated heterocycles. The van der Waals surface area contributed by atoms with Crippen molar-refractivity contribution in [1.82, 2.24) is 0 Å². The zero-order valence-electron chi connectivity index (χ0n) is 67.3. The van der Waals surface area contributed by atoms with Crippen molar-refractivity contribution in [2.75, 3.05) is 39.6 Å². The number of aliphatic hydroxyl groups excluding tert-OH is 1. The highest BCUT2D eigenvalue weighted by Gasteiger charge is 2.30. The van der Waals surface area contributed by atoms with E-state index >= 15 is 0 Å². The number of carbonyl (C=O) groups excluding carboxylic acids is 4. The third kappa shape index (κ3) is 78.1. The lowest BCUT2D eigenvalue weighted by Gasteiger charge is -2.21. The monoisotopic (exact) mass is 1530 g/mol. The summed E-state index contributed by atoms with van der Waals surface area (Å²) >= 11 is 0. The predicted octanol–water partition coefficient (Wildman–Crippen LogP) is 25.1. The van der Waals surface area contributed by atoms with E-state index in [0.29, 0.717) is 25.7 Å². The molecule has 0 radical (unpaired) electrons. The molecule has 0 aromatic rings. The molecule has 0 aromatic heterocycles. The molecule has 0 fully saturated rings. The van der Waals surface area contributed by atoms with Gasteiger partial charge in [0, 0.05) is 25.7 Å². The van der Waals surface area contributed by atoms with Crippen LogP contribution in [0.2, 0.25) is 0 Å². The van der Waals surface area contributed by atoms with Crippen LogP contribution < -0.4 is 0 Å². The van der Waals surface area contributed by atoms with Gasteiger partial charge < -0.3 is 33.8 Å². The summed E-state index contributed by atoms with van der Waals surface area (Å²) in [4.78, 5) is 73.2. The summed E-state index contributed by atoms with van der Waals surface area (Å²) in [5, 5.41) is 10.7. The van der Waals surface area contributed by atoms with E-state index in [0.717, 1.165) is 193 Å². The molecule has 0 bridgehead atoms. The minimum absolute atomic E-state index is 0.0843. The Morgan fingerprint density at radius 3 is 0.764 bits per heavy atom. The molecule has 0 spiro atoms. The number of rotatable bonds is 80. The number of carbonyl (C=O) groups is 4. The average molecular weight is 1530 g/mol. The quantitative estimate of drug-likeness (QED) is 0.0169. The molecule has 0 aliphatic heterocycles. The lowest BCUT2D eigenvalue weighted by Crippen LogP contribution is -2.30. The standard InChI is InChI=1S/C87H154O17P2/c1-5-9-13-17-21-25-29-33-37-39-40-42-46-48-52-56-60-64-68-72-85(90)98-78-83(104-87(92)74-70-66-62-58-54-50-44-36-32-28-24-20-16-12-8-4)80-102-106(95,96)100-76-81(88)75-99-105(93,94)101-79-82(103-86(91)73-69-65-61-57-53-49-43-35-31-27-23-19-15-11-7-3)77-97-84(89)71-67-63-59-55-51-47-45-41-38-34-30-26-22-18-14-10-6-2/h9-10,13-14,21-22,25-26,33-35,37-38,40,42-43,81-83,88H,5-8,11-12,15-20,23-24,27-32,36,39,41,44-80H2,1-4H3,(H,93,94)(H,95,96)/b13-9-,14-10-,25-21-,26-22-,37-33-,38-34-,42-40-,43-35-. The van der Waals surface area contributed by atoms with Gasteiger partial charge in [-0.05, 0) is 122 Å². The van der Waals surface area contributed by atoms with Crippen molar-refractivity contribution >= 4 is 39.5 Å². The van der Waals surface area contributed by atoms with Crippen LogP contribution in [0.1, 0.15) is 374 Å². The molecule has 3 N–H and O–H groups in total. The minimum atomic E-state index is -4.98. The number of phosphoric acid groups is 2. The highest BCUT2D eigenvalue weighted by atomic mass is 31.2. The molecule has 0 rings (SSSR count). The molecule has 614 valence electrons. The molecule has 0 aromatic carbocycles. The van der Waals surface area contributed by atoms with E-state index in [-0.39, 0.29) is 25.7 Å². The predicted molar refractivity (Wildman–Crippen MR) is 436 cm³/mol. The van der Waals surface area contributed by atoms with E-state index in [2.05, 4.69) is 125 Å². The summed E-state index contributed by atoms with van der Waals surface area (Å²) in [6, 6.07) is 0. The second-order valence-electron chi connectivity index (χ2n) is 28.4.